The van der Waals surface area contributed by atoms with Gasteiger partial charge in [0.1, 0.15) is 11.4 Å². The highest BCUT2D eigenvalue weighted by Gasteiger charge is 2.31. The Morgan fingerprint density at radius 3 is 2.79 bits per heavy atom. The summed E-state index contributed by atoms with van der Waals surface area (Å²) in [5.41, 5.74) is 1.63. The zero-order chi connectivity index (χ0) is 17.3. The summed E-state index contributed by atoms with van der Waals surface area (Å²) >= 11 is 14.7. The maximum atomic E-state index is 12.6. The number of nitrogens with zero attached hydrogens (tertiary/aromatic N) is 1. The highest BCUT2D eigenvalue weighted by Crippen LogP contribution is 2.26. The van der Waals surface area contributed by atoms with Gasteiger partial charge in [-0.1, -0.05) is 45.7 Å². The van der Waals surface area contributed by atoms with Gasteiger partial charge in [-0.05, 0) is 48.1 Å². The van der Waals surface area contributed by atoms with Crippen molar-refractivity contribution in [3.8, 4) is 5.75 Å². The molecule has 0 atom stereocenters. The monoisotopic (exact) mass is 422 g/mol. The van der Waals surface area contributed by atoms with Crippen molar-refractivity contribution in [2.24, 2.45) is 0 Å². The first-order valence-electron chi connectivity index (χ1n) is 7.02. The Kier molecular flexibility index (Phi) is 4.89. The number of benzene rings is 2. The van der Waals surface area contributed by atoms with Crippen LogP contribution in [-0.2, 0) is 11.3 Å². The van der Waals surface area contributed by atoms with E-state index in [2.05, 4.69) is 21.2 Å². The standard InChI is InChI=1S/C17H12BrClN2O2S/c18-12-5-6-15(22)11(7-12)8-14-16(23)21(17(24)20-14)9-10-3-1-2-4-13(10)19/h1-8,22H,9H2,(H,20,24)/b14-8-. The summed E-state index contributed by atoms with van der Waals surface area (Å²) in [4.78, 5) is 14.0. The summed E-state index contributed by atoms with van der Waals surface area (Å²) in [5.74, 6) is -0.185. The van der Waals surface area contributed by atoms with Crippen LogP contribution in [0.1, 0.15) is 11.1 Å². The van der Waals surface area contributed by atoms with E-state index in [1.807, 2.05) is 18.2 Å². The lowest BCUT2D eigenvalue weighted by molar-refractivity contribution is -0.122. The quantitative estimate of drug-likeness (QED) is 0.577. The van der Waals surface area contributed by atoms with Crippen molar-refractivity contribution in [1.82, 2.24) is 10.2 Å². The first-order chi connectivity index (χ1) is 11.5. The van der Waals surface area contributed by atoms with Crippen LogP contribution in [0.2, 0.25) is 5.02 Å². The number of amides is 1. The van der Waals surface area contributed by atoms with Crippen molar-refractivity contribution in [3.63, 3.8) is 0 Å². The van der Waals surface area contributed by atoms with Gasteiger partial charge < -0.3 is 10.4 Å². The van der Waals surface area contributed by atoms with Crippen LogP contribution in [0.5, 0.6) is 5.75 Å². The Bertz CT molecular complexity index is 869. The van der Waals surface area contributed by atoms with E-state index in [0.29, 0.717) is 21.4 Å². The predicted molar refractivity (Wildman–Crippen MR) is 102 cm³/mol. The number of carbonyl (C=O) groups excluding carboxylic acids is 1. The number of thiocarbonyl (C=S) groups is 1. The van der Waals surface area contributed by atoms with Gasteiger partial charge in [-0.25, -0.2) is 0 Å². The van der Waals surface area contributed by atoms with E-state index in [1.165, 1.54) is 4.90 Å². The van der Waals surface area contributed by atoms with Crippen LogP contribution in [0.15, 0.2) is 52.6 Å². The molecule has 0 aromatic heterocycles. The normalized spacial score (nSPS) is 15.9. The van der Waals surface area contributed by atoms with Crippen molar-refractivity contribution >= 4 is 56.8 Å². The lowest BCUT2D eigenvalue weighted by Gasteiger charge is -2.14. The minimum atomic E-state index is -0.265. The lowest BCUT2D eigenvalue weighted by Crippen LogP contribution is -2.30. The molecule has 0 bridgehead atoms. The number of hydrogen-bond donors (Lipinski definition) is 2. The molecule has 0 saturated carbocycles. The lowest BCUT2D eigenvalue weighted by atomic mass is 10.1. The van der Waals surface area contributed by atoms with Gasteiger partial charge in [-0.3, -0.25) is 9.69 Å². The number of hydrogen-bond acceptors (Lipinski definition) is 3. The van der Waals surface area contributed by atoms with E-state index in [9.17, 15) is 9.90 Å². The number of carbonyl (C=O) groups is 1. The van der Waals surface area contributed by atoms with Crippen LogP contribution < -0.4 is 5.32 Å². The Hall–Kier alpha value is -1.89. The molecular formula is C17H12BrClN2O2S. The molecule has 0 radical (unpaired) electrons. The number of phenols is 1. The van der Waals surface area contributed by atoms with E-state index < -0.39 is 0 Å². The number of nitrogens with one attached hydrogen (secondary N) is 1. The van der Waals surface area contributed by atoms with Crippen LogP contribution in [0.3, 0.4) is 0 Å². The van der Waals surface area contributed by atoms with Crippen LogP contribution in [0.4, 0.5) is 0 Å². The second-order valence-corrected chi connectivity index (χ2v) is 6.88. The predicted octanol–water partition coefficient (Wildman–Crippen LogP) is 4.07. The fourth-order valence-electron chi connectivity index (χ4n) is 2.31. The second-order valence-electron chi connectivity index (χ2n) is 5.17. The van der Waals surface area contributed by atoms with Crippen LogP contribution in [-0.4, -0.2) is 21.0 Å². The third-order valence-corrected chi connectivity index (χ3v) is 4.72. The zero-order valence-electron chi connectivity index (χ0n) is 12.3. The van der Waals surface area contributed by atoms with Crippen LogP contribution >= 0.6 is 39.7 Å². The molecule has 2 aromatic rings. The van der Waals surface area contributed by atoms with Crippen molar-refractivity contribution in [2.45, 2.75) is 6.54 Å². The van der Waals surface area contributed by atoms with Gasteiger partial charge in [-0.15, -0.1) is 0 Å². The van der Waals surface area contributed by atoms with Crippen LogP contribution in [0, 0.1) is 0 Å². The molecule has 2 aromatic carbocycles. The van der Waals surface area contributed by atoms with Gasteiger partial charge >= 0.3 is 0 Å². The molecule has 1 heterocycles. The smallest absolute Gasteiger partial charge is 0.276 e. The average Bonchev–Trinajstić information content (AvgIpc) is 2.80. The summed E-state index contributed by atoms with van der Waals surface area (Å²) in [6.45, 7) is 0.284. The van der Waals surface area contributed by atoms with E-state index in [1.54, 1.807) is 30.3 Å². The first-order valence-corrected chi connectivity index (χ1v) is 8.60. The molecule has 4 nitrogen and oxygen atoms in total. The Morgan fingerprint density at radius 1 is 1.29 bits per heavy atom. The molecule has 122 valence electrons. The van der Waals surface area contributed by atoms with Gasteiger partial charge in [0.05, 0.1) is 6.54 Å². The molecule has 24 heavy (non-hydrogen) atoms. The summed E-state index contributed by atoms with van der Waals surface area (Å²) in [6.07, 6.45) is 1.57. The number of phenolic OH excluding ortho intramolecular Hbond substituents is 1. The molecule has 1 aliphatic heterocycles. The average molecular weight is 424 g/mol. The van der Waals surface area contributed by atoms with Crippen molar-refractivity contribution in [3.05, 3.63) is 68.8 Å². The largest absolute Gasteiger partial charge is 0.507 e. The van der Waals surface area contributed by atoms with E-state index in [-0.39, 0.29) is 18.2 Å². The fourth-order valence-corrected chi connectivity index (χ4v) is 3.14. The molecule has 1 amide bonds. The minimum absolute atomic E-state index is 0.0794. The molecule has 0 aliphatic carbocycles. The highest BCUT2D eigenvalue weighted by atomic mass is 79.9. The molecule has 1 aliphatic rings. The van der Waals surface area contributed by atoms with Gasteiger partial charge in [0, 0.05) is 15.1 Å². The Labute approximate surface area is 157 Å². The Morgan fingerprint density at radius 2 is 2.04 bits per heavy atom. The molecule has 0 unspecified atom stereocenters. The van der Waals surface area contributed by atoms with Gasteiger partial charge in [0.15, 0.2) is 5.11 Å². The van der Waals surface area contributed by atoms with E-state index >= 15 is 0 Å². The SMILES string of the molecule is O=C1/C(=C/c2cc(Br)ccc2O)NC(=S)N1Cc1ccccc1Cl. The number of halogens is 2. The van der Waals surface area contributed by atoms with Gasteiger partial charge in [-0.2, -0.15) is 0 Å². The molecule has 7 heteroatoms. The topological polar surface area (TPSA) is 52.6 Å². The maximum Gasteiger partial charge on any atom is 0.276 e. The Balaban J connectivity index is 1.88. The minimum Gasteiger partial charge on any atom is -0.507 e. The van der Waals surface area contributed by atoms with E-state index in [4.69, 9.17) is 23.8 Å². The highest BCUT2D eigenvalue weighted by molar-refractivity contribution is 9.10. The maximum absolute atomic E-state index is 12.6. The van der Waals surface area contributed by atoms with Crippen molar-refractivity contribution in [1.29, 1.82) is 0 Å². The molecular weight excluding hydrogens is 412 g/mol. The summed E-state index contributed by atoms with van der Waals surface area (Å²) in [7, 11) is 0. The number of aromatic hydroxyl groups is 1. The summed E-state index contributed by atoms with van der Waals surface area (Å²) in [5, 5.41) is 13.7. The zero-order valence-corrected chi connectivity index (χ0v) is 15.5. The van der Waals surface area contributed by atoms with E-state index in [0.717, 1.165) is 10.0 Å². The third-order valence-electron chi connectivity index (χ3n) is 3.54. The van der Waals surface area contributed by atoms with Crippen LogP contribution in [0.25, 0.3) is 6.08 Å². The molecule has 3 rings (SSSR count). The van der Waals surface area contributed by atoms with Gasteiger partial charge in [0.25, 0.3) is 5.91 Å². The molecule has 2 N–H and O–H groups in total. The number of rotatable bonds is 3. The molecule has 0 spiro atoms. The van der Waals surface area contributed by atoms with Gasteiger partial charge in [0.2, 0.25) is 0 Å². The molecule has 1 saturated heterocycles. The second kappa shape index (κ2) is 6.93. The first kappa shape index (κ1) is 17.0. The molecule has 1 fully saturated rings. The van der Waals surface area contributed by atoms with Crippen molar-refractivity contribution < 1.29 is 9.90 Å². The van der Waals surface area contributed by atoms with Crippen molar-refractivity contribution in [2.75, 3.05) is 0 Å². The fraction of sp³-hybridized carbons (Fsp3) is 0.0588. The summed E-state index contributed by atoms with van der Waals surface area (Å²) in [6, 6.07) is 12.3. The third kappa shape index (κ3) is 3.45. The summed E-state index contributed by atoms with van der Waals surface area (Å²) < 4.78 is 0.799.